The van der Waals surface area contributed by atoms with Gasteiger partial charge in [0.05, 0.1) is 19.8 Å². The van der Waals surface area contributed by atoms with E-state index in [2.05, 4.69) is 24.5 Å². The number of nitrogens with one attached hydrogen (secondary N) is 2. The predicted octanol–water partition coefficient (Wildman–Crippen LogP) is 5.40. The van der Waals surface area contributed by atoms with E-state index in [1.54, 1.807) is 4.90 Å². The van der Waals surface area contributed by atoms with Crippen molar-refractivity contribution in [1.82, 2.24) is 0 Å². The van der Waals surface area contributed by atoms with Gasteiger partial charge in [0.1, 0.15) is 5.92 Å². The lowest BCUT2D eigenvalue weighted by Crippen LogP contribution is -2.43. The number of ether oxygens (including phenoxy) is 2. The Balaban J connectivity index is 1.41. The third kappa shape index (κ3) is 5.18. The Morgan fingerprint density at radius 1 is 1.06 bits per heavy atom. The maximum Gasteiger partial charge on any atom is 0.240 e. The highest BCUT2D eigenvalue weighted by Crippen LogP contribution is 2.44. The Kier molecular flexibility index (Phi) is 6.62. The fraction of sp³-hybridized carbons (Fsp3) is 0.448. The summed E-state index contributed by atoms with van der Waals surface area (Å²) in [6.07, 6.45) is 3.24. The van der Waals surface area contributed by atoms with Gasteiger partial charge in [0.25, 0.3) is 0 Å². The lowest BCUT2D eigenvalue weighted by Gasteiger charge is -2.36. The minimum atomic E-state index is -0.654. The molecular weight excluding hydrogens is 454 g/mol. The molecule has 2 N–H and O–H groups in total. The molecular formula is C29H35N3O4. The van der Waals surface area contributed by atoms with Gasteiger partial charge in [-0.15, -0.1) is 0 Å². The van der Waals surface area contributed by atoms with E-state index in [1.165, 1.54) is 0 Å². The molecule has 1 unspecified atom stereocenters. The molecule has 190 valence electrons. The zero-order chi connectivity index (χ0) is 25.4. The van der Waals surface area contributed by atoms with Crippen LogP contribution in [-0.2, 0) is 25.6 Å². The van der Waals surface area contributed by atoms with Gasteiger partial charge in [0, 0.05) is 34.1 Å². The first-order valence-electron chi connectivity index (χ1n) is 12.7. The van der Waals surface area contributed by atoms with Crippen LogP contribution in [0.15, 0.2) is 54.2 Å². The molecule has 2 heterocycles. The first-order valence-corrected chi connectivity index (χ1v) is 12.7. The number of carbonyl (C=O) groups excluding carboxylic acids is 2. The number of carbonyl (C=O) groups is 2. The van der Waals surface area contributed by atoms with E-state index in [9.17, 15) is 9.59 Å². The molecule has 2 aliphatic heterocycles. The highest BCUT2D eigenvalue weighted by atomic mass is 16.7. The summed E-state index contributed by atoms with van der Waals surface area (Å²) in [7, 11) is 0. The largest absolute Gasteiger partial charge is 0.359 e. The fourth-order valence-electron chi connectivity index (χ4n) is 4.64. The lowest BCUT2D eigenvalue weighted by molar-refractivity contribution is -0.229. The summed E-state index contributed by atoms with van der Waals surface area (Å²) in [6, 6.07) is 13.8. The van der Waals surface area contributed by atoms with Crippen molar-refractivity contribution in [1.29, 1.82) is 0 Å². The van der Waals surface area contributed by atoms with Crippen LogP contribution < -0.4 is 15.5 Å². The second-order valence-electron chi connectivity index (χ2n) is 10.9. The second-order valence-corrected chi connectivity index (χ2v) is 10.9. The number of anilines is 3. The van der Waals surface area contributed by atoms with Crippen molar-refractivity contribution in [3.05, 3.63) is 65.4 Å². The first-order chi connectivity index (χ1) is 17.2. The topological polar surface area (TPSA) is 79.9 Å². The highest BCUT2D eigenvalue weighted by Gasteiger charge is 2.46. The SMILES string of the molecule is C/C=C(\C)Nc1ccc(CN2C(=O)C(C3OCC(C)(C)CO3)c3cc(NC(=O)C4CC4)ccc32)cc1. The van der Waals surface area contributed by atoms with Crippen molar-refractivity contribution in [2.24, 2.45) is 11.3 Å². The Bertz CT molecular complexity index is 1170. The van der Waals surface area contributed by atoms with Crippen LogP contribution in [0.5, 0.6) is 0 Å². The summed E-state index contributed by atoms with van der Waals surface area (Å²) in [5, 5.41) is 6.35. The molecule has 1 saturated heterocycles. The third-order valence-corrected chi connectivity index (χ3v) is 7.02. The molecule has 2 aromatic rings. The maximum absolute atomic E-state index is 13.8. The van der Waals surface area contributed by atoms with Crippen LogP contribution in [-0.4, -0.2) is 31.3 Å². The summed E-state index contributed by atoms with van der Waals surface area (Å²) in [5.74, 6) is -0.477. The summed E-state index contributed by atoms with van der Waals surface area (Å²) in [6.45, 7) is 9.67. The molecule has 1 aliphatic carbocycles. The Labute approximate surface area is 212 Å². The van der Waals surface area contributed by atoms with Crippen LogP contribution in [0.4, 0.5) is 17.1 Å². The van der Waals surface area contributed by atoms with E-state index >= 15 is 0 Å². The van der Waals surface area contributed by atoms with Gasteiger partial charge in [-0.25, -0.2) is 0 Å². The number of hydrogen-bond donors (Lipinski definition) is 2. The van der Waals surface area contributed by atoms with E-state index in [4.69, 9.17) is 9.47 Å². The molecule has 5 rings (SSSR count). The van der Waals surface area contributed by atoms with Crippen LogP contribution in [0.3, 0.4) is 0 Å². The lowest BCUT2D eigenvalue weighted by atomic mass is 9.93. The van der Waals surface area contributed by atoms with E-state index < -0.39 is 12.2 Å². The molecule has 0 bridgehead atoms. The molecule has 0 radical (unpaired) electrons. The summed E-state index contributed by atoms with van der Waals surface area (Å²) in [4.78, 5) is 28.0. The van der Waals surface area contributed by atoms with Crippen molar-refractivity contribution in [3.8, 4) is 0 Å². The number of nitrogens with zero attached hydrogens (tertiary/aromatic N) is 1. The molecule has 1 saturated carbocycles. The quantitative estimate of drug-likeness (QED) is 0.544. The number of hydrogen-bond acceptors (Lipinski definition) is 5. The van der Waals surface area contributed by atoms with Crippen molar-refractivity contribution < 1.29 is 19.1 Å². The van der Waals surface area contributed by atoms with Crippen molar-refractivity contribution in [2.45, 2.75) is 59.3 Å². The maximum atomic E-state index is 13.8. The van der Waals surface area contributed by atoms with Gasteiger partial charge in [-0.1, -0.05) is 32.1 Å². The van der Waals surface area contributed by atoms with Gasteiger partial charge in [0.2, 0.25) is 11.8 Å². The van der Waals surface area contributed by atoms with Gasteiger partial charge in [-0.3, -0.25) is 9.59 Å². The molecule has 0 aromatic heterocycles. The average Bonchev–Trinajstić information content (AvgIpc) is 3.67. The minimum Gasteiger partial charge on any atom is -0.359 e. The standard InChI is InChI=1S/C29H35N3O4/c1-5-18(2)30-21-10-6-19(7-11-21)15-32-24-13-12-22(31-26(33)20-8-9-20)14-23(24)25(27(32)34)28-35-16-29(3,4)17-36-28/h5-7,10-14,20,25,28,30H,8-9,15-17H2,1-4H3,(H,31,33)/b18-5+. The van der Waals surface area contributed by atoms with Crippen molar-refractivity contribution in [3.63, 3.8) is 0 Å². The minimum absolute atomic E-state index is 0.0430. The number of amides is 2. The highest BCUT2D eigenvalue weighted by molar-refractivity contribution is 6.06. The van der Waals surface area contributed by atoms with Gasteiger partial charge < -0.3 is 25.0 Å². The number of allylic oxidation sites excluding steroid dienone is 2. The third-order valence-electron chi connectivity index (χ3n) is 7.02. The van der Waals surface area contributed by atoms with Crippen LogP contribution in [0.25, 0.3) is 0 Å². The molecule has 2 fully saturated rings. The predicted molar refractivity (Wildman–Crippen MR) is 141 cm³/mol. The van der Waals surface area contributed by atoms with Crippen LogP contribution in [0.2, 0.25) is 0 Å². The van der Waals surface area contributed by atoms with Crippen LogP contribution >= 0.6 is 0 Å². The molecule has 2 amide bonds. The van der Waals surface area contributed by atoms with Crippen molar-refractivity contribution in [2.75, 3.05) is 28.7 Å². The zero-order valence-corrected chi connectivity index (χ0v) is 21.5. The van der Waals surface area contributed by atoms with Gasteiger partial charge in [-0.2, -0.15) is 0 Å². The number of fused-ring (bicyclic) bond motifs is 1. The zero-order valence-electron chi connectivity index (χ0n) is 21.5. The Morgan fingerprint density at radius 2 is 1.72 bits per heavy atom. The number of rotatable bonds is 7. The van der Waals surface area contributed by atoms with E-state index in [1.807, 2.05) is 62.4 Å². The summed E-state index contributed by atoms with van der Waals surface area (Å²) >= 11 is 0. The van der Waals surface area contributed by atoms with Crippen LogP contribution in [0.1, 0.15) is 57.6 Å². The normalized spacial score (nSPS) is 21.9. The van der Waals surface area contributed by atoms with E-state index in [0.717, 1.165) is 41.0 Å². The Hall–Kier alpha value is -3.16. The van der Waals surface area contributed by atoms with Crippen molar-refractivity contribution >= 4 is 28.9 Å². The van der Waals surface area contributed by atoms with E-state index in [-0.39, 0.29) is 23.1 Å². The molecule has 0 spiro atoms. The smallest absolute Gasteiger partial charge is 0.240 e. The molecule has 36 heavy (non-hydrogen) atoms. The second kappa shape index (κ2) is 9.71. The Morgan fingerprint density at radius 3 is 2.36 bits per heavy atom. The van der Waals surface area contributed by atoms with Gasteiger partial charge in [0.15, 0.2) is 6.29 Å². The van der Waals surface area contributed by atoms with Gasteiger partial charge >= 0.3 is 0 Å². The first kappa shape index (κ1) is 24.5. The molecule has 2 aromatic carbocycles. The van der Waals surface area contributed by atoms with E-state index in [0.29, 0.717) is 25.4 Å². The number of benzene rings is 2. The summed E-state index contributed by atoms with van der Waals surface area (Å²) < 4.78 is 12.1. The fourth-order valence-corrected chi connectivity index (χ4v) is 4.64. The van der Waals surface area contributed by atoms with Gasteiger partial charge in [-0.05, 0) is 68.1 Å². The molecule has 3 aliphatic rings. The molecule has 7 heteroatoms. The average molecular weight is 490 g/mol. The van der Waals surface area contributed by atoms with Crippen LogP contribution in [0, 0.1) is 11.3 Å². The summed E-state index contributed by atoms with van der Waals surface area (Å²) in [5.41, 5.74) is 5.38. The monoisotopic (exact) mass is 489 g/mol. The molecule has 1 atom stereocenters. The molecule has 7 nitrogen and oxygen atoms in total.